The lowest BCUT2D eigenvalue weighted by molar-refractivity contribution is -0.150. The van der Waals surface area contributed by atoms with Crippen molar-refractivity contribution in [1.29, 1.82) is 5.41 Å². The Morgan fingerprint density at radius 1 is 1.40 bits per heavy atom. The van der Waals surface area contributed by atoms with Gasteiger partial charge in [0.05, 0.1) is 12.3 Å². The number of anilines is 1. The maximum absolute atomic E-state index is 13.1. The van der Waals surface area contributed by atoms with Gasteiger partial charge in [0.1, 0.15) is 29.6 Å². The number of hydrogen-bond donors (Lipinski definition) is 5. The van der Waals surface area contributed by atoms with E-state index in [1.54, 1.807) is 11.6 Å². The van der Waals surface area contributed by atoms with Crippen LogP contribution in [0.3, 0.4) is 0 Å². The Morgan fingerprint density at radius 2 is 2.20 bits per heavy atom. The van der Waals surface area contributed by atoms with Crippen molar-refractivity contribution >= 4 is 81.3 Å². The van der Waals surface area contributed by atoms with E-state index in [4.69, 9.17) is 21.7 Å². The quantitative estimate of drug-likeness (QED) is 0.0422. The Labute approximate surface area is 243 Å². The van der Waals surface area contributed by atoms with Gasteiger partial charge in [-0.05, 0) is 22.9 Å². The minimum absolute atomic E-state index is 0.0430. The van der Waals surface area contributed by atoms with Crippen molar-refractivity contribution in [3.8, 4) is 0 Å². The summed E-state index contributed by atoms with van der Waals surface area (Å²) in [6.45, 7) is 2.35. The molecule has 17 nitrogen and oxygen atoms in total. The minimum atomic E-state index is -1.25. The molecule has 2 aliphatic rings. The Kier molecular flexibility index (Phi) is 9.81. The van der Waals surface area contributed by atoms with Crippen LogP contribution in [0.2, 0.25) is 0 Å². The van der Waals surface area contributed by atoms with Crippen molar-refractivity contribution in [3.63, 3.8) is 0 Å². The second-order valence-electron chi connectivity index (χ2n) is 7.98. The van der Waals surface area contributed by atoms with Crippen LogP contribution in [-0.2, 0) is 25.8 Å². The number of carbonyl (C=O) groups is 3. The number of carboxylic acid groups (broad SMARTS) is 1. The average molecular weight is 629 g/mol. The van der Waals surface area contributed by atoms with Crippen LogP contribution < -0.4 is 16.8 Å². The first kappa shape index (κ1) is 29.6. The maximum Gasteiger partial charge on any atom is 0.352 e. The van der Waals surface area contributed by atoms with E-state index in [-0.39, 0.29) is 40.6 Å². The Hall–Kier alpha value is -3.43. The normalized spacial score (nSPS) is 18.8. The van der Waals surface area contributed by atoms with E-state index >= 15 is 0 Å². The Morgan fingerprint density at radius 3 is 2.88 bits per heavy atom. The van der Waals surface area contributed by atoms with Gasteiger partial charge in [0, 0.05) is 28.8 Å². The van der Waals surface area contributed by atoms with Crippen molar-refractivity contribution < 1.29 is 24.3 Å². The highest BCUT2D eigenvalue weighted by atomic mass is 32.2. The molecular formula is C19H24N12O5S4. The summed E-state index contributed by atoms with van der Waals surface area (Å²) in [6.07, 6.45) is 0. The second-order valence-corrected chi connectivity index (χ2v) is 11.9. The van der Waals surface area contributed by atoms with Gasteiger partial charge < -0.3 is 26.7 Å². The number of nitrogens with zero attached hydrogens (tertiary/aromatic N) is 8. The molecule has 4 rings (SSSR count). The van der Waals surface area contributed by atoms with Crippen LogP contribution in [-0.4, -0.2) is 110 Å². The lowest BCUT2D eigenvalue weighted by Crippen LogP contribution is -2.71. The third-order valence-electron chi connectivity index (χ3n) is 5.27. The fourth-order valence-corrected chi connectivity index (χ4v) is 7.06. The molecule has 1 saturated heterocycles. The number of oxime groups is 1. The Bertz CT molecular complexity index is 1360. The summed E-state index contributed by atoms with van der Waals surface area (Å²) in [5, 5.41) is 35.2. The summed E-state index contributed by atoms with van der Waals surface area (Å²) >= 11 is 4.93. The highest BCUT2D eigenvalue weighted by molar-refractivity contribution is 8.01. The van der Waals surface area contributed by atoms with Gasteiger partial charge in [-0.25, -0.2) is 9.48 Å². The molecule has 0 spiro atoms. The number of carboxylic acids is 1. The number of rotatable bonds is 14. The molecule has 21 heteroatoms. The monoisotopic (exact) mass is 628 g/mol. The number of amides is 2. The van der Waals surface area contributed by atoms with E-state index in [9.17, 15) is 19.5 Å². The number of fused-ring (bicyclic) bond motifs is 1. The largest absolute Gasteiger partial charge is 0.477 e. The molecule has 0 aromatic carbocycles. The van der Waals surface area contributed by atoms with E-state index in [1.807, 2.05) is 0 Å². The summed E-state index contributed by atoms with van der Waals surface area (Å²) < 4.78 is 5.57. The van der Waals surface area contributed by atoms with Gasteiger partial charge in [-0.15, -0.1) is 16.9 Å². The van der Waals surface area contributed by atoms with Gasteiger partial charge in [-0.3, -0.25) is 19.9 Å². The van der Waals surface area contributed by atoms with Crippen LogP contribution in [0.1, 0.15) is 12.7 Å². The molecule has 2 aromatic heterocycles. The highest BCUT2D eigenvalue weighted by Gasteiger charge is 2.54. The van der Waals surface area contributed by atoms with Gasteiger partial charge >= 0.3 is 5.97 Å². The summed E-state index contributed by atoms with van der Waals surface area (Å²) in [4.78, 5) is 48.4. The SMILES string of the molecule is CCON=C(C(=O)N[C@@H]1C(=O)N2C(C(=O)O)=C(CSc3nnnn3CCSCC(=N)N)CS[C@@H]12)c1nsc(N)n1. The third-order valence-corrected chi connectivity index (χ3v) is 9.18. The van der Waals surface area contributed by atoms with Gasteiger partial charge in [-0.1, -0.05) is 16.9 Å². The van der Waals surface area contributed by atoms with Crippen LogP contribution >= 0.6 is 46.8 Å². The van der Waals surface area contributed by atoms with Crippen LogP contribution in [0.5, 0.6) is 0 Å². The molecule has 2 aliphatic heterocycles. The van der Waals surface area contributed by atoms with E-state index in [2.05, 4.69) is 35.4 Å². The fourth-order valence-electron chi connectivity index (χ4n) is 3.57. The standard InChI is InChI=1S/C19H24N12O5S4/c1-2-36-26-10(13-24-18(22)40-27-13)14(32)23-11-15(33)31-12(17(34)35)8(5-38-16(11)31)6-39-19-25-28-29-30(19)3-4-37-7-9(20)21/h11,16H,2-7H2,1H3,(H3,20,21)(H,23,32)(H,34,35)(H2,22,24,27)/t11-,16+/m1/s1. The number of carbonyl (C=O) groups excluding carboxylic acids is 2. The molecule has 2 amide bonds. The summed E-state index contributed by atoms with van der Waals surface area (Å²) in [7, 11) is 0. The van der Waals surface area contributed by atoms with E-state index in [0.717, 1.165) is 11.5 Å². The predicted molar refractivity (Wildman–Crippen MR) is 150 cm³/mol. The molecule has 2 atom stereocenters. The summed E-state index contributed by atoms with van der Waals surface area (Å²) in [6, 6.07) is -0.983. The summed E-state index contributed by atoms with van der Waals surface area (Å²) in [5.74, 6) is -0.934. The topological polar surface area (TPSA) is 254 Å². The van der Waals surface area contributed by atoms with E-state index < -0.39 is 29.2 Å². The van der Waals surface area contributed by atoms with Crippen molar-refractivity contribution in [2.75, 3.05) is 35.4 Å². The number of tetrazole rings is 1. The predicted octanol–water partition coefficient (Wildman–Crippen LogP) is -0.953. The maximum atomic E-state index is 13.1. The molecule has 0 aliphatic carbocycles. The Balaban J connectivity index is 1.42. The zero-order valence-corrected chi connectivity index (χ0v) is 24.1. The number of aryl methyl sites for hydroxylation is 1. The van der Waals surface area contributed by atoms with Crippen LogP contribution in [0, 0.1) is 5.41 Å². The number of thioether (sulfide) groups is 3. The van der Waals surface area contributed by atoms with Crippen molar-refractivity contribution in [2.24, 2.45) is 10.9 Å². The number of amidine groups is 1. The molecule has 2 aromatic rings. The number of nitrogens with one attached hydrogen (secondary N) is 2. The first-order valence-electron chi connectivity index (χ1n) is 11.5. The third kappa shape index (κ3) is 6.64. The molecule has 0 unspecified atom stereocenters. The van der Waals surface area contributed by atoms with Gasteiger partial charge in [0.15, 0.2) is 5.13 Å². The fraction of sp³-hybridized carbons (Fsp3) is 0.474. The van der Waals surface area contributed by atoms with Crippen molar-refractivity contribution in [2.45, 2.75) is 30.0 Å². The van der Waals surface area contributed by atoms with Crippen LogP contribution in [0.15, 0.2) is 21.6 Å². The minimum Gasteiger partial charge on any atom is -0.477 e. The molecule has 4 heterocycles. The molecular weight excluding hydrogens is 605 g/mol. The molecule has 40 heavy (non-hydrogen) atoms. The first-order chi connectivity index (χ1) is 19.2. The molecule has 7 N–H and O–H groups in total. The molecule has 214 valence electrons. The lowest BCUT2D eigenvalue weighted by atomic mass is 10.0. The zero-order chi connectivity index (χ0) is 28.8. The number of β-lactam (4-membered cyclic amide) rings is 1. The number of aliphatic carboxylic acids is 1. The van der Waals surface area contributed by atoms with Crippen LogP contribution in [0.4, 0.5) is 5.13 Å². The number of hydrogen-bond acceptors (Lipinski definition) is 16. The molecule has 0 saturated carbocycles. The molecule has 0 radical (unpaired) electrons. The zero-order valence-electron chi connectivity index (χ0n) is 20.8. The van der Waals surface area contributed by atoms with Crippen molar-refractivity contribution in [1.82, 2.24) is 39.8 Å². The van der Waals surface area contributed by atoms with Gasteiger partial charge in [-0.2, -0.15) is 21.1 Å². The number of aromatic nitrogens is 6. The highest BCUT2D eigenvalue weighted by Crippen LogP contribution is 2.41. The average Bonchev–Trinajstić information content (AvgIpc) is 3.56. The number of nitrogens with two attached hydrogens (primary N) is 2. The van der Waals surface area contributed by atoms with Gasteiger partial charge in [0.2, 0.25) is 16.7 Å². The first-order valence-corrected chi connectivity index (χ1v) is 15.5. The summed E-state index contributed by atoms with van der Waals surface area (Å²) in [5.41, 5.74) is 11.1. The van der Waals surface area contributed by atoms with Crippen LogP contribution in [0.25, 0.3) is 0 Å². The smallest absolute Gasteiger partial charge is 0.352 e. The lowest BCUT2D eigenvalue weighted by Gasteiger charge is -2.49. The number of nitrogen functional groups attached to an aromatic ring is 1. The van der Waals surface area contributed by atoms with Gasteiger partial charge in [0.25, 0.3) is 11.8 Å². The molecule has 0 bridgehead atoms. The van der Waals surface area contributed by atoms with E-state index in [1.165, 1.54) is 40.2 Å². The van der Waals surface area contributed by atoms with E-state index in [0.29, 0.717) is 34.5 Å². The second kappa shape index (κ2) is 13.3. The molecule has 1 fully saturated rings. The van der Waals surface area contributed by atoms with Crippen molar-refractivity contribution in [3.05, 3.63) is 17.1 Å².